The molecular weight excluding hydrogens is 454 g/mol. The molecule has 36 heavy (non-hydrogen) atoms. The van der Waals surface area contributed by atoms with Crippen molar-refractivity contribution in [2.24, 2.45) is 5.92 Å². The number of aryl methyl sites for hydroxylation is 1. The maximum atomic E-state index is 14.2. The Bertz CT molecular complexity index is 1250. The molecule has 0 bridgehead atoms. The number of hydrogen-bond donors (Lipinski definition) is 0. The summed E-state index contributed by atoms with van der Waals surface area (Å²) in [6.45, 7) is 6.77. The van der Waals surface area contributed by atoms with Crippen molar-refractivity contribution < 1.29 is 23.8 Å². The molecule has 0 aromatic heterocycles. The Morgan fingerprint density at radius 2 is 1.67 bits per heavy atom. The van der Waals surface area contributed by atoms with Gasteiger partial charge in [-0.1, -0.05) is 49.7 Å². The van der Waals surface area contributed by atoms with Crippen molar-refractivity contribution >= 4 is 17.6 Å². The summed E-state index contributed by atoms with van der Waals surface area (Å²) in [6.07, 6.45) is 0.998. The van der Waals surface area contributed by atoms with E-state index in [1.165, 1.54) is 0 Å². The van der Waals surface area contributed by atoms with Crippen LogP contribution in [0.15, 0.2) is 66.7 Å². The number of hydrogen-bond acceptors (Lipinski definition) is 5. The Kier molecular flexibility index (Phi) is 7.34. The van der Waals surface area contributed by atoms with Crippen molar-refractivity contribution in [3.8, 4) is 11.5 Å². The first kappa shape index (κ1) is 25.3. The SMILES string of the molecule is COc1ccc(CC2(OC(=O)c3ccccc3)C(=O)N(CCC(C)C)c3ccc(C)cc32)cc1OC. The number of ether oxygens (including phenoxy) is 3. The molecule has 6 heteroatoms. The topological polar surface area (TPSA) is 65.1 Å². The Labute approximate surface area is 212 Å². The second-order valence-corrected chi connectivity index (χ2v) is 9.61. The smallest absolute Gasteiger partial charge is 0.339 e. The van der Waals surface area contributed by atoms with Gasteiger partial charge in [-0.3, -0.25) is 4.79 Å². The lowest BCUT2D eigenvalue weighted by atomic mass is 9.87. The second kappa shape index (κ2) is 10.4. The lowest BCUT2D eigenvalue weighted by Crippen LogP contribution is -2.46. The Morgan fingerprint density at radius 3 is 2.33 bits per heavy atom. The number of benzene rings is 3. The summed E-state index contributed by atoms with van der Waals surface area (Å²) in [6, 6.07) is 20.2. The first-order valence-electron chi connectivity index (χ1n) is 12.2. The van der Waals surface area contributed by atoms with Crippen molar-refractivity contribution in [3.63, 3.8) is 0 Å². The lowest BCUT2D eigenvalue weighted by Gasteiger charge is -2.29. The van der Waals surface area contributed by atoms with Gasteiger partial charge in [-0.05, 0) is 61.2 Å². The van der Waals surface area contributed by atoms with Gasteiger partial charge in [0, 0.05) is 18.5 Å². The summed E-state index contributed by atoms with van der Waals surface area (Å²) >= 11 is 0. The van der Waals surface area contributed by atoms with E-state index in [-0.39, 0.29) is 12.3 Å². The molecule has 1 aliphatic rings. The molecule has 0 spiro atoms. The number of fused-ring (bicyclic) bond motifs is 1. The van der Waals surface area contributed by atoms with Crippen LogP contribution in [0, 0.1) is 12.8 Å². The zero-order valence-electron chi connectivity index (χ0n) is 21.5. The highest BCUT2D eigenvalue weighted by atomic mass is 16.6. The second-order valence-electron chi connectivity index (χ2n) is 9.61. The molecule has 0 radical (unpaired) electrons. The van der Waals surface area contributed by atoms with Crippen molar-refractivity contribution in [2.45, 2.75) is 39.2 Å². The van der Waals surface area contributed by atoms with E-state index in [4.69, 9.17) is 14.2 Å². The quantitative estimate of drug-likeness (QED) is 0.362. The van der Waals surface area contributed by atoms with Crippen molar-refractivity contribution in [1.82, 2.24) is 0 Å². The number of esters is 1. The minimum atomic E-state index is -1.51. The minimum absolute atomic E-state index is 0.166. The van der Waals surface area contributed by atoms with E-state index in [1.54, 1.807) is 49.5 Å². The maximum Gasteiger partial charge on any atom is 0.339 e. The first-order chi connectivity index (χ1) is 17.3. The van der Waals surface area contributed by atoms with Gasteiger partial charge < -0.3 is 19.1 Å². The fourth-order valence-corrected chi connectivity index (χ4v) is 4.64. The predicted molar refractivity (Wildman–Crippen MR) is 140 cm³/mol. The number of methoxy groups -OCH3 is 2. The van der Waals surface area contributed by atoms with Crippen LogP contribution >= 0.6 is 0 Å². The third-order valence-corrected chi connectivity index (χ3v) is 6.58. The zero-order chi connectivity index (χ0) is 25.9. The van der Waals surface area contributed by atoms with E-state index < -0.39 is 11.6 Å². The van der Waals surface area contributed by atoms with E-state index in [0.717, 1.165) is 23.2 Å². The number of carbonyl (C=O) groups is 2. The molecule has 1 heterocycles. The maximum absolute atomic E-state index is 14.2. The molecule has 3 aromatic rings. The van der Waals surface area contributed by atoms with Crippen LogP contribution in [0.5, 0.6) is 11.5 Å². The van der Waals surface area contributed by atoms with Crippen LogP contribution in [0.4, 0.5) is 5.69 Å². The first-order valence-corrected chi connectivity index (χ1v) is 12.2. The molecule has 0 saturated heterocycles. The zero-order valence-corrected chi connectivity index (χ0v) is 21.5. The van der Waals surface area contributed by atoms with Gasteiger partial charge in [0.15, 0.2) is 11.5 Å². The monoisotopic (exact) mass is 487 g/mol. The van der Waals surface area contributed by atoms with Crippen molar-refractivity contribution in [3.05, 3.63) is 89.0 Å². The average Bonchev–Trinajstić information content (AvgIpc) is 3.09. The third-order valence-electron chi connectivity index (χ3n) is 6.58. The van der Waals surface area contributed by atoms with Crippen LogP contribution in [0.1, 0.15) is 47.3 Å². The van der Waals surface area contributed by atoms with Crippen LogP contribution < -0.4 is 14.4 Å². The van der Waals surface area contributed by atoms with E-state index in [1.807, 2.05) is 43.3 Å². The summed E-state index contributed by atoms with van der Waals surface area (Å²) in [4.78, 5) is 29.4. The fraction of sp³-hybridized carbons (Fsp3) is 0.333. The van der Waals surface area contributed by atoms with Gasteiger partial charge >= 0.3 is 5.97 Å². The molecule has 1 atom stereocenters. The summed E-state index contributed by atoms with van der Waals surface area (Å²) in [5, 5.41) is 0. The highest BCUT2D eigenvalue weighted by Crippen LogP contribution is 2.46. The standard InChI is InChI=1S/C30H33NO5/c1-20(2)15-16-31-25-13-11-21(3)17-24(25)30(29(31)33,36-28(32)23-9-7-6-8-10-23)19-22-12-14-26(34-4)27(18-22)35-5/h6-14,17-18,20H,15-16,19H2,1-5H3. The highest BCUT2D eigenvalue weighted by Gasteiger charge is 2.54. The molecule has 188 valence electrons. The van der Waals surface area contributed by atoms with Gasteiger partial charge in [-0.15, -0.1) is 0 Å². The molecular formula is C30H33NO5. The van der Waals surface area contributed by atoms with Crippen molar-refractivity contribution in [2.75, 3.05) is 25.7 Å². The number of amides is 1. The number of anilines is 1. The predicted octanol–water partition coefficient (Wildman–Crippen LogP) is 5.70. The Hall–Kier alpha value is -3.80. The average molecular weight is 488 g/mol. The van der Waals surface area contributed by atoms with Gasteiger partial charge in [0.1, 0.15) is 0 Å². The molecule has 1 unspecified atom stereocenters. The van der Waals surface area contributed by atoms with E-state index in [0.29, 0.717) is 35.1 Å². The van der Waals surface area contributed by atoms with E-state index >= 15 is 0 Å². The fourth-order valence-electron chi connectivity index (χ4n) is 4.64. The molecule has 6 nitrogen and oxygen atoms in total. The molecule has 0 N–H and O–H groups in total. The van der Waals surface area contributed by atoms with Gasteiger partial charge in [-0.2, -0.15) is 0 Å². The van der Waals surface area contributed by atoms with Gasteiger partial charge in [-0.25, -0.2) is 4.79 Å². The number of rotatable bonds is 9. The normalized spacial score (nSPS) is 16.7. The number of nitrogens with zero attached hydrogens (tertiary/aromatic N) is 1. The third kappa shape index (κ3) is 4.81. The van der Waals surface area contributed by atoms with Gasteiger partial charge in [0.2, 0.25) is 5.60 Å². The molecule has 0 aliphatic carbocycles. The van der Waals surface area contributed by atoms with Crippen LogP contribution in [0.3, 0.4) is 0 Å². The lowest BCUT2D eigenvalue weighted by molar-refractivity contribution is -0.137. The van der Waals surface area contributed by atoms with Gasteiger partial charge in [0.05, 0.1) is 25.5 Å². The largest absolute Gasteiger partial charge is 0.493 e. The Balaban J connectivity index is 1.85. The number of carbonyl (C=O) groups excluding carboxylic acids is 2. The summed E-state index contributed by atoms with van der Waals surface area (Å²) in [7, 11) is 3.15. The molecule has 3 aromatic carbocycles. The van der Waals surface area contributed by atoms with Gasteiger partial charge in [0.25, 0.3) is 5.91 Å². The Morgan fingerprint density at radius 1 is 0.944 bits per heavy atom. The van der Waals surface area contributed by atoms with Crippen LogP contribution in [0.2, 0.25) is 0 Å². The molecule has 0 fully saturated rings. The van der Waals surface area contributed by atoms with Crippen molar-refractivity contribution in [1.29, 1.82) is 0 Å². The van der Waals surface area contributed by atoms with Crippen LogP contribution in [-0.2, 0) is 21.6 Å². The van der Waals surface area contributed by atoms with Crippen LogP contribution in [0.25, 0.3) is 0 Å². The highest BCUT2D eigenvalue weighted by molar-refractivity contribution is 6.09. The minimum Gasteiger partial charge on any atom is -0.493 e. The van der Waals surface area contributed by atoms with E-state index in [9.17, 15) is 9.59 Å². The molecule has 4 rings (SSSR count). The summed E-state index contributed by atoms with van der Waals surface area (Å²) in [5.74, 6) is 0.778. The summed E-state index contributed by atoms with van der Waals surface area (Å²) in [5.41, 5.74) is 2.15. The van der Waals surface area contributed by atoms with Crippen LogP contribution in [-0.4, -0.2) is 32.6 Å². The molecule has 1 aliphatic heterocycles. The van der Waals surface area contributed by atoms with E-state index in [2.05, 4.69) is 13.8 Å². The molecule has 1 amide bonds. The molecule has 0 saturated carbocycles. The summed E-state index contributed by atoms with van der Waals surface area (Å²) < 4.78 is 17.1.